The topological polar surface area (TPSA) is 143 Å². The van der Waals surface area contributed by atoms with E-state index in [1.807, 2.05) is 23.5 Å². The van der Waals surface area contributed by atoms with Crippen molar-refractivity contribution in [2.75, 3.05) is 96.4 Å². The molecule has 0 aromatic heterocycles. The second kappa shape index (κ2) is 30.4. The van der Waals surface area contributed by atoms with Crippen LogP contribution in [0, 0.1) is 49.4 Å². The van der Waals surface area contributed by atoms with Crippen LogP contribution in [0.1, 0.15) is 60.3 Å². The molecule has 0 bridgehead atoms. The fourth-order valence-corrected chi connectivity index (χ4v) is 6.86. The first kappa shape index (κ1) is 50.1. The SMILES string of the molecule is C#CCOCC(C)(COCC#C)NCC(=O)OCC(C)(COC(=O)CNC(C)(COCC#C)COCC#C)NC(=O)CCC(CSCCC)SCCC. The molecule has 0 aromatic rings. The van der Waals surface area contributed by atoms with Crippen LogP contribution >= 0.6 is 23.5 Å². The van der Waals surface area contributed by atoms with E-state index in [9.17, 15) is 14.4 Å². The Bertz CT molecular complexity index is 1110. The number of terminal acetylenes is 4. The van der Waals surface area contributed by atoms with Crippen molar-refractivity contribution < 1.29 is 42.8 Å². The van der Waals surface area contributed by atoms with Gasteiger partial charge in [0.05, 0.1) is 50.6 Å². The lowest BCUT2D eigenvalue weighted by molar-refractivity contribution is -0.152. The molecule has 0 aliphatic carbocycles. The zero-order valence-corrected chi connectivity index (χ0v) is 33.9. The van der Waals surface area contributed by atoms with Gasteiger partial charge >= 0.3 is 11.9 Å². The van der Waals surface area contributed by atoms with Crippen LogP contribution in [-0.2, 0) is 42.8 Å². The smallest absolute Gasteiger partial charge is 0.320 e. The van der Waals surface area contributed by atoms with Crippen LogP contribution in [0.2, 0.25) is 0 Å². The summed E-state index contributed by atoms with van der Waals surface area (Å²) in [7, 11) is 0. The number of nitrogens with one attached hydrogen (secondary N) is 3. The highest BCUT2D eigenvalue weighted by Crippen LogP contribution is 2.23. The van der Waals surface area contributed by atoms with Crippen LogP contribution in [0.3, 0.4) is 0 Å². The number of rotatable bonds is 33. The minimum atomic E-state index is -1.24. The number of hydrogen-bond acceptors (Lipinski definition) is 13. The molecule has 0 radical (unpaired) electrons. The van der Waals surface area contributed by atoms with E-state index < -0.39 is 28.6 Å². The van der Waals surface area contributed by atoms with Crippen molar-refractivity contribution in [2.24, 2.45) is 0 Å². The molecular weight excluding hydrogens is 719 g/mol. The van der Waals surface area contributed by atoms with E-state index in [-0.39, 0.29) is 91.5 Å². The van der Waals surface area contributed by atoms with Gasteiger partial charge in [-0.25, -0.2) is 0 Å². The molecule has 0 aliphatic rings. The molecule has 0 fully saturated rings. The average molecular weight is 780 g/mol. The lowest BCUT2D eigenvalue weighted by atomic mass is 10.0. The Labute approximate surface area is 327 Å². The second-order valence-corrected chi connectivity index (χ2v) is 15.7. The monoisotopic (exact) mass is 779 g/mol. The van der Waals surface area contributed by atoms with Gasteiger partial charge < -0.3 is 33.7 Å². The maximum Gasteiger partial charge on any atom is 0.320 e. The Morgan fingerprint density at radius 1 is 0.642 bits per heavy atom. The van der Waals surface area contributed by atoms with E-state index in [1.165, 1.54) is 0 Å². The predicted molar refractivity (Wildman–Crippen MR) is 213 cm³/mol. The Balaban J connectivity index is 5.69. The zero-order chi connectivity index (χ0) is 39.9. The molecule has 0 aromatic carbocycles. The number of hydrogen-bond donors (Lipinski definition) is 3. The second-order valence-electron chi connectivity index (χ2n) is 13.2. The molecule has 0 saturated heterocycles. The van der Waals surface area contributed by atoms with E-state index in [0.717, 1.165) is 30.1 Å². The molecule has 1 unspecified atom stereocenters. The number of esters is 2. The van der Waals surface area contributed by atoms with E-state index >= 15 is 0 Å². The quantitative estimate of drug-likeness (QED) is 0.0511. The van der Waals surface area contributed by atoms with Crippen molar-refractivity contribution in [1.82, 2.24) is 16.0 Å². The van der Waals surface area contributed by atoms with E-state index in [1.54, 1.807) is 20.8 Å². The van der Waals surface area contributed by atoms with Gasteiger partial charge in [0.1, 0.15) is 45.2 Å². The van der Waals surface area contributed by atoms with Gasteiger partial charge in [0, 0.05) is 17.4 Å². The first-order chi connectivity index (χ1) is 25.3. The van der Waals surface area contributed by atoms with Crippen molar-refractivity contribution in [1.29, 1.82) is 0 Å². The molecule has 1 amide bonds. The summed E-state index contributed by atoms with van der Waals surface area (Å²) in [5.74, 6) is 11.2. The molecule has 0 rings (SSSR count). The number of carbonyl (C=O) groups is 3. The highest BCUT2D eigenvalue weighted by molar-refractivity contribution is 8.03. The molecule has 298 valence electrons. The maximum atomic E-state index is 13.3. The summed E-state index contributed by atoms with van der Waals surface area (Å²) < 4.78 is 33.2. The lowest BCUT2D eigenvalue weighted by Gasteiger charge is -2.32. The summed E-state index contributed by atoms with van der Waals surface area (Å²) in [5.41, 5.74) is -2.85. The summed E-state index contributed by atoms with van der Waals surface area (Å²) in [6.45, 7) is 9.48. The molecule has 0 spiro atoms. The first-order valence-electron chi connectivity index (χ1n) is 17.7. The summed E-state index contributed by atoms with van der Waals surface area (Å²) >= 11 is 3.76. The molecule has 53 heavy (non-hydrogen) atoms. The zero-order valence-electron chi connectivity index (χ0n) is 32.3. The molecule has 0 aliphatic heterocycles. The number of amides is 1. The summed E-state index contributed by atoms with van der Waals surface area (Å²) in [6, 6.07) is 0. The lowest BCUT2D eigenvalue weighted by Crippen LogP contribution is -2.56. The summed E-state index contributed by atoms with van der Waals surface area (Å²) in [5, 5.41) is 9.46. The Morgan fingerprint density at radius 3 is 1.43 bits per heavy atom. The fourth-order valence-electron chi connectivity index (χ4n) is 4.44. The highest BCUT2D eigenvalue weighted by Gasteiger charge is 2.33. The van der Waals surface area contributed by atoms with Crippen LogP contribution in [0.5, 0.6) is 0 Å². The largest absolute Gasteiger partial charge is 0.462 e. The van der Waals surface area contributed by atoms with Gasteiger partial charge in [0.25, 0.3) is 0 Å². The standard InChI is InChI=1S/C39H61N3O9S2/c1-10-18-46-27-37(7,28-47-19-11-2)40-24-35(44)50-31-39(9,42-34(43)17-16-33(53-23-15-6)26-52-22-14-5)32-51-36(45)25-41-38(8,29-48-20-12-3)30-49-21-13-4/h1-4,33,40-41H,14-32H2,5-9H3,(H,42,43). The minimum Gasteiger partial charge on any atom is -0.462 e. The normalized spacial score (nSPS) is 12.1. The Kier molecular flexibility index (Phi) is 28.8. The molecule has 1 atom stereocenters. The third kappa shape index (κ3) is 26.5. The van der Waals surface area contributed by atoms with Gasteiger partial charge in [-0.05, 0) is 51.5 Å². The number of thioether (sulfide) groups is 2. The first-order valence-corrected chi connectivity index (χ1v) is 19.9. The van der Waals surface area contributed by atoms with Gasteiger partial charge in [-0.1, -0.05) is 37.5 Å². The van der Waals surface area contributed by atoms with Crippen LogP contribution in [0.4, 0.5) is 0 Å². The molecule has 3 N–H and O–H groups in total. The highest BCUT2D eigenvalue weighted by atomic mass is 32.2. The summed E-state index contributed by atoms with van der Waals surface area (Å²) in [4.78, 5) is 39.3. The van der Waals surface area contributed by atoms with Gasteiger partial charge in [-0.2, -0.15) is 23.5 Å². The predicted octanol–water partition coefficient (Wildman–Crippen LogP) is 2.68. The van der Waals surface area contributed by atoms with E-state index in [2.05, 4.69) is 53.5 Å². The van der Waals surface area contributed by atoms with E-state index in [0.29, 0.717) is 11.7 Å². The maximum absolute atomic E-state index is 13.3. The Morgan fingerprint density at radius 2 is 1.06 bits per heavy atom. The Hall–Kier alpha value is -2.89. The number of ether oxygens (including phenoxy) is 6. The molecule has 0 saturated carbocycles. The summed E-state index contributed by atoms with van der Waals surface area (Å²) in [6.07, 6.45) is 24.3. The number of carbonyl (C=O) groups excluding carboxylic acids is 3. The molecular formula is C39H61N3O9S2. The minimum absolute atomic E-state index is 0.0804. The van der Waals surface area contributed by atoms with Crippen molar-refractivity contribution in [3.8, 4) is 49.4 Å². The van der Waals surface area contributed by atoms with Gasteiger partial charge in [-0.3, -0.25) is 25.0 Å². The molecule has 14 heteroatoms. The van der Waals surface area contributed by atoms with Crippen molar-refractivity contribution >= 4 is 41.4 Å². The molecule has 12 nitrogen and oxygen atoms in total. The fraction of sp³-hybridized carbons (Fsp3) is 0.718. The van der Waals surface area contributed by atoms with E-state index in [4.69, 9.17) is 54.1 Å². The third-order valence-corrected chi connectivity index (χ3v) is 10.3. The van der Waals surface area contributed by atoms with Crippen molar-refractivity contribution in [3.63, 3.8) is 0 Å². The van der Waals surface area contributed by atoms with Crippen LogP contribution in [-0.4, -0.2) is 136 Å². The van der Waals surface area contributed by atoms with Crippen LogP contribution < -0.4 is 16.0 Å². The van der Waals surface area contributed by atoms with Gasteiger partial charge in [-0.15, -0.1) is 25.7 Å². The third-order valence-electron chi connectivity index (χ3n) is 7.19. The molecule has 0 heterocycles. The van der Waals surface area contributed by atoms with Gasteiger partial charge in [0.15, 0.2) is 0 Å². The van der Waals surface area contributed by atoms with Crippen molar-refractivity contribution in [2.45, 2.75) is 82.2 Å². The van der Waals surface area contributed by atoms with Crippen molar-refractivity contribution in [3.05, 3.63) is 0 Å². The van der Waals surface area contributed by atoms with Gasteiger partial charge in [0.2, 0.25) is 5.91 Å². The van der Waals surface area contributed by atoms with Crippen LogP contribution in [0.25, 0.3) is 0 Å². The van der Waals surface area contributed by atoms with Crippen LogP contribution in [0.15, 0.2) is 0 Å². The average Bonchev–Trinajstić information content (AvgIpc) is 3.13.